The fourth-order valence-electron chi connectivity index (χ4n) is 2.24. The molecule has 0 atom stereocenters. The van der Waals surface area contributed by atoms with Gasteiger partial charge in [0.2, 0.25) is 0 Å². The van der Waals surface area contributed by atoms with Gasteiger partial charge in [0.15, 0.2) is 5.78 Å². The molecule has 3 aromatic rings. The lowest BCUT2D eigenvalue weighted by atomic mass is 10.0. The monoisotopic (exact) mass is 305 g/mol. The molecule has 1 aromatic heterocycles. The van der Waals surface area contributed by atoms with Crippen molar-refractivity contribution < 1.29 is 9.59 Å². The average Bonchev–Trinajstić information content (AvgIpc) is 3.02. The molecule has 2 aromatic carbocycles. The molecule has 1 heterocycles. The lowest BCUT2D eigenvalue weighted by molar-refractivity contribution is 0.101. The van der Waals surface area contributed by atoms with Crippen LogP contribution in [0.1, 0.15) is 32.1 Å². The van der Waals surface area contributed by atoms with E-state index < -0.39 is 0 Å². The van der Waals surface area contributed by atoms with Gasteiger partial charge in [0.25, 0.3) is 5.91 Å². The Morgan fingerprint density at radius 2 is 1.61 bits per heavy atom. The maximum Gasteiger partial charge on any atom is 0.276 e. The molecule has 2 N–H and O–H groups in total. The number of amides is 1. The summed E-state index contributed by atoms with van der Waals surface area (Å²) in [5.74, 6) is -0.336. The van der Waals surface area contributed by atoms with Crippen molar-refractivity contribution in [3.8, 4) is 0 Å². The fourth-order valence-corrected chi connectivity index (χ4v) is 2.24. The van der Waals surface area contributed by atoms with E-state index in [1.54, 1.807) is 43.3 Å². The predicted molar refractivity (Wildman–Crippen MR) is 87.6 cm³/mol. The first-order valence-electron chi connectivity index (χ1n) is 7.16. The van der Waals surface area contributed by atoms with Crippen molar-refractivity contribution in [2.75, 3.05) is 5.32 Å². The standard InChI is InChI=1S/C18H15N3O2/c1-12-16(20-11-19-12)18(23)21-15-9-7-14(8-10-15)17(22)13-5-3-2-4-6-13/h2-11H,1H3,(H,19,20)(H,21,23). The number of aromatic nitrogens is 2. The van der Waals surface area contributed by atoms with Gasteiger partial charge in [-0.2, -0.15) is 0 Å². The molecule has 0 radical (unpaired) electrons. The lowest BCUT2D eigenvalue weighted by Crippen LogP contribution is -2.13. The molecule has 0 aliphatic carbocycles. The molecule has 5 heteroatoms. The number of anilines is 1. The van der Waals surface area contributed by atoms with E-state index in [4.69, 9.17) is 0 Å². The SMILES string of the molecule is Cc1[nH]cnc1C(=O)Nc1ccc(C(=O)c2ccccc2)cc1. The molecule has 0 saturated carbocycles. The van der Waals surface area contributed by atoms with Crippen molar-refractivity contribution in [1.29, 1.82) is 0 Å². The summed E-state index contributed by atoms with van der Waals surface area (Å²) in [6, 6.07) is 15.9. The van der Waals surface area contributed by atoms with Crippen LogP contribution < -0.4 is 5.32 Å². The molecule has 0 unspecified atom stereocenters. The Balaban J connectivity index is 1.74. The number of hydrogen-bond acceptors (Lipinski definition) is 3. The van der Waals surface area contributed by atoms with E-state index in [2.05, 4.69) is 15.3 Å². The van der Waals surface area contributed by atoms with Gasteiger partial charge in [-0.1, -0.05) is 30.3 Å². The van der Waals surface area contributed by atoms with Gasteiger partial charge in [-0.25, -0.2) is 4.98 Å². The molecular formula is C18H15N3O2. The summed E-state index contributed by atoms with van der Waals surface area (Å²) in [6.07, 6.45) is 1.48. The van der Waals surface area contributed by atoms with Gasteiger partial charge in [0, 0.05) is 22.5 Å². The smallest absolute Gasteiger partial charge is 0.276 e. The normalized spacial score (nSPS) is 10.3. The second-order valence-electron chi connectivity index (χ2n) is 5.10. The van der Waals surface area contributed by atoms with Crippen LogP contribution in [0.3, 0.4) is 0 Å². The van der Waals surface area contributed by atoms with Crippen LogP contribution in [0.15, 0.2) is 60.9 Å². The summed E-state index contributed by atoms with van der Waals surface area (Å²) in [5, 5.41) is 2.76. The molecule has 0 saturated heterocycles. The van der Waals surface area contributed by atoms with Gasteiger partial charge >= 0.3 is 0 Å². The molecule has 0 aliphatic heterocycles. The molecule has 0 aliphatic rings. The van der Waals surface area contributed by atoms with Gasteiger partial charge in [0.1, 0.15) is 5.69 Å². The van der Waals surface area contributed by atoms with E-state index in [9.17, 15) is 9.59 Å². The Bertz CT molecular complexity index is 836. The van der Waals surface area contributed by atoms with E-state index in [0.29, 0.717) is 28.2 Å². The van der Waals surface area contributed by atoms with Crippen LogP contribution in [-0.2, 0) is 0 Å². The second-order valence-corrected chi connectivity index (χ2v) is 5.10. The number of aryl methyl sites for hydroxylation is 1. The molecule has 23 heavy (non-hydrogen) atoms. The number of ketones is 1. The Hall–Kier alpha value is -3.21. The molecule has 3 rings (SSSR count). The van der Waals surface area contributed by atoms with Crippen LogP contribution in [-0.4, -0.2) is 21.7 Å². The Morgan fingerprint density at radius 1 is 0.957 bits per heavy atom. The average molecular weight is 305 g/mol. The first-order valence-corrected chi connectivity index (χ1v) is 7.16. The number of rotatable bonds is 4. The minimum Gasteiger partial charge on any atom is -0.348 e. The summed E-state index contributed by atoms with van der Waals surface area (Å²) in [4.78, 5) is 31.2. The van der Waals surface area contributed by atoms with Crippen molar-refractivity contribution in [2.24, 2.45) is 0 Å². The first-order chi connectivity index (χ1) is 11.1. The molecule has 114 valence electrons. The molecule has 0 bridgehead atoms. The highest BCUT2D eigenvalue weighted by Gasteiger charge is 2.12. The van der Waals surface area contributed by atoms with Gasteiger partial charge < -0.3 is 10.3 Å². The van der Waals surface area contributed by atoms with Crippen molar-refractivity contribution in [2.45, 2.75) is 6.92 Å². The molecule has 0 fully saturated rings. The van der Waals surface area contributed by atoms with E-state index >= 15 is 0 Å². The first kappa shape index (κ1) is 14.7. The number of benzene rings is 2. The van der Waals surface area contributed by atoms with Gasteiger partial charge in [0.05, 0.1) is 6.33 Å². The van der Waals surface area contributed by atoms with E-state index in [-0.39, 0.29) is 11.7 Å². The topological polar surface area (TPSA) is 74.8 Å². The third-order valence-corrected chi connectivity index (χ3v) is 3.49. The zero-order valence-corrected chi connectivity index (χ0v) is 12.5. The Labute approximate surface area is 133 Å². The fraction of sp³-hybridized carbons (Fsp3) is 0.0556. The van der Waals surface area contributed by atoms with Crippen LogP contribution in [0, 0.1) is 6.92 Å². The van der Waals surface area contributed by atoms with Crippen molar-refractivity contribution in [3.05, 3.63) is 83.4 Å². The minimum atomic E-state index is -0.286. The van der Waals surface area contributed by atoms with E-state index in [1.807, 2.05) is 18.2 Å². The Morgan fingerprint density at radius 3 is 2.22 bits per heavy atom. The summed E-state index contributed by atoms with van der Waals surface area (Å²) >= 11 is 0. The van der Waals surface area contributed by atoms with E-state index in [1.165, 1.54) is 6.33 Å². The second kappa shape index (κ2) is 6.27. The zero-order valence-electron chi connectivity index (χ0n) is 12.5. The number of H-pyrrole nitrogens is 1. The summed E-state index contributed by atoms with van der Waals surface area (Å²) in [6.45, 7) is 1.78. The number of carbonyl (C=O) groups is 2. The highest BCUT2D eigenvalue weighted by Crippen LogP contribution is 2.15. The molecular weight excluding hydrogens is 290 g/mol. The maximum absolute atomic E-state index is 12.3. The maximum atomic E-state index is 12.3. The largest absolute Gasteiger partial charge is 0.348 e. The number of aromatic amines is 1. The number of carbonyl (C=O) groups excluding carboxylic acids is 2. The van der Waals surface area contributed by atoms with Crippen molar-refractivity contribution in [1.82, 2.24) is 9.97 Å². The lowest BCUT2D eigenvalue weighted by Gasteiger charge is -2.06. The van der Waals surface area contributed by atoms with Crippen LogP contribution in [0.25, 0.3) is 0 Å². The van der Waals surface area contributed by atoms with Crippen LogP contribution >= 0.6 is 0 Å². The third-order valence-electron chi connectivity index (χ3n) is 3.49. The Kier molecular flexibility index (Phi) is 4.01. The highest BCUT2D eigenvalue weighted by atomic mass is 16.2. The molecule has 0 spiro atoms. The van der Waals surface area contributed by atoms with Crippen molar-refractivity contribution in [3.63, 3.8) is 0 Å². The van der Waals surface area contributed by atoms with Crippen LogP contribution in [0.5, 0.6) is 0 Å². The van der Waals surface area contributed by atoms with Crippen LogP contribution in [0.2, 0.25) is 0 Å². The van der Waals surface area contributed by atoms with Gasteiger partial charge in [-0.15, -0.1) is 0 Å². The van der Waals surface area contributed by atoms with Gasteiger partial charge in [-0.3, -0.25) is 9.59 Å². The number of nitrogens with one attached hydrogen (secondary N) is 2. The number of nitrogens with zero attached hydrogens (tertiary/aromatic N) is 1. The predicted octanol–water partition coefficient (Wildman–Crippen LogP) is 3.20. The third kappa shape index (κ3) is 3.18. The van der Waals surface area contributed by atoms with E-state index in [0.717, 1.165) is 0 Å². The van der Waals surface area contributed by atoms with Gasteiger partial charge in [-0.05, 0) is 31.2 Å². The zero-order chi connectivity index (χ0) is 16.2. The van der Waals surface area contributed by atoms with Crippen molar-refractivity contribution >= 4 is 17.4 Å². The summed E-state index contributed by atoms with van der Waals surface area (Å²) in [7, 11) is 0. The summed E-state index contributed by atoms with van der Waals surface area (Å²) < 4.78 is 0. The number of hydrogen-bond donors (Lipinski definition) is 2. The summed E-state index contributed by atoms with van der Waals surface area (Å²) in [5.41, 5.74) is 2.89. The highest BCUT2D eigenvalue weighted by molar-refractivity contribution is 6.09. The minimum absolute atomic E-state index is 0.0494. The quantitative estimate of drug-likeness (QED) is 0.727. The van der Waals surface area contributed by atoms with Crippen LogP contribution in [0.4, 0.5) is 5.69 Å². The molecule has 1 amide bonds. The number of imidazole rings is 1. The molecule has 5 nitrogen and oxygen atoms in total.